The zero-order chi connectivity index (χ0) is 19.4. The van der Waals surface area contributed by atoms with Gasteiger partial charge < -0.3 is 10.1 Å². The van der Waals surface area contributed by atoms with Gasteiger partial charge in [-0.15, -0.1) is 0 Å². The van der Waals surface area contributed by atoms with Crippen LogP contribution in [0.2, 0.25) is 0 Å². The van der Waals surface area contributed by atoms with E-state index in [9.17, 15) is 14.4 Å². The molecule has 2 aromatic rings. The fourth-order valence-corrected chi connectivity index (χ4v) is 3.15. The van der Waals surface area contributed by atoms with Crippen molar-refractivity contribution in [2.75, 3.05) is 7.11 Å². The Bertz CT molecular complexity index is 848. The first-order valence-electron chi connectivity index (χ1n) is 8.78. The van der Waals surface area contributed by atoms with Gasteiger partial charge in [0.25, 0.3) is 5.91 Å². The lowest BCUT2D eigenvalue weighted by Crippen LogP contribution is -2.44. The van der Waals surface area contributed by atoms with Crippen LogP contribution in [0.1, 0.15) is 34.8 Å². The molecule has 0 spiro atoms. The molecule has 0 aromatic heterocycles. The third kappa shape index (κ3) is 4.00. The maximum atomic E-state index is 12.9. The third-order valence-electron chi connectivity index (χ3n) is 4.82. The number of methoxy groups -OCH3 is 1. The van der Waals surface area contributed by atoms with Crippen molar-refractivity contribution in [1.29, 1.82) is 0 Å². The zero-order valence-corrected chi connectivity index (χ0v) is 15.4. The highest BCUT2D eigenvalue weighted by Crippen LogP contribution is 2.25. The Labute approximate surface area is 158 Å². The monoisotopic (exact) mass is 366 g/mol. The first kappa shape index (κ1) is 18.6. The second-order valence-electron chi connectivity index (χ2n) is 6.83. The fourth-order valence-electron chi connectivity index (χ4n) is 3.15. The Morgan fingerprint density at radius 1 is 1.04 bits per heavy atom. The fraction of sp³-hybridized carbons (Fsp3) is 0.286. The maximum absolute atomic E-state index is 12.9. The van der Waals surface area contributed by atoms with Gasteiger partial charge in [0.2, 0.25) is 0 Å². The number of carbonyl (C=O) groups is 3. The van der Waals surface area contributed by atoms with E-state index in [4.69, 9.17) is 0 Å². The lowest BCUT2D eigenvalue weighted by Gasteiger charge is -2.21. The van der Waals surface area contributed by atoms with Gasteiger partial charge in [-0.2, -0.15) is 0 Å². The second-order valence-corrected chi connectivity index (χ2v) is 6.83. The summed E-state index contributed by atoms with van der Waals surface area (Å²) in [5.74, 6) is -0.662. The quantitative estimate of drug-likeness (QED) is 0.630. The number of nitrogens with zero attached hydrogens (tertiary/aromatic N) is 1. The predicted octanol–water partition coefficient (Wildman–Crippen LogP) is 2.92. The predicted molar refractivity (Wildman–Crippen MR) is 100 cm³/mol. The minimum absolute atomic E-state index is 0.160. The van der Waals surface area contributed by atoms with Crippen LogP contribution in [0, 0.1) is 0 Å². The number of hydrogen-bond acceptors (Lipinski definition) is 4. The maximum Gasteiger partial charge on any atom is 0.337 e. The highest BCUT2D eigenvalue weighted by Gasteiger charge is 2.47. The van der Waals surface area contributed by atoms with Crippen LogP contribution >= 0.6 is 0 Å². The first-order valence-corrected chi connectivity index (χ1v) is 8.78. The van der Waals surface area contributed by atoms with E-state index in [1.165, 1.54) is 12.0 Å². The number of ether oxygens (including phenoxy) is 1. The molecular weight excluding hydrogens is 344 g/mol. The molecule has 1 atom stereocenters. The van der Waals surface area contributed by atoms with E-state index in [0.29, 0.717) is 18.4 Å². The summed E-state index contributed by atoms with van der Waals surface area (Å²) >= 11 is 0. The lowest BCUT2D eigenvalue weighted by atomic mass is 9.93. The van der Waals surface area contributed by atoms with Crippen LogP contribution in [0.3, 0.4) is 0 Å². The average molecular weight is 366 g/mol. The highest BCUT2D eigenvalue weighted by atomic mass is 16.5. The molecule has 3 amide bonds. The van der Waals surface area contributed by atoms with Crippen molar-refractivity contribution >= 4 is 17.9 Å². The van der Waals surface area contributed by atoms with Crippen LogP contribution in [-0.4, -0.2) is 35.5 Å². The zero-order valence-electron chi connectivity index (χ0n) is 15.4. The second kappa shape index (κ2) is 7.61. The van der Waals surface area contributed by atoms with Gasteiger partial charge in [0.1, 0.15) is 5.54 Å². The van der Waals surface area contributed by atoms with Gasteiger partial charge in [0.15, 0.2) is 0 Å². The van der Waals surface area contributed by atoms with Gasteiger partial charge in [-0.25, -0.2) is 9.59 Å². The molecule has 3 rings (SSSR count). The molecule has 27 heavy (non-hydrogen) atoms. The minimum atomic E-state index is -0.918. The van der Waals surface area contributed by atoms with Crippen LogP contribution in [0.25, 0.3) is 0 Å². The number of esters is 1. The lowest BCUT2D eigenvalue weighted by molar-refractivity contribution is -0.131. The topological polar surface area (TPSA) is 75.7 Å². The third-order valence-corrected chi connectivity index (χ3v) is 4.82. The summed E-state index contributed by atoms with van der Waals surface area (Å²) < 4.78 is 4.67. The van der Waals surface area contributed by atoms with Gasteiger partial charge in [0.05, 0.1) is 19.2 Å². The molecule has 6 nitrogen and oxygen atoms in total. The number of nitrogens with one attached hydrogen (secondary N) is 1. The number of urea groups is 1. The number of aryl methyl sites for hydroxylation is 1. The van der Waals surface area contributed by atoms with Gasteiger partial charge in [-0.1, -0.05) is 42.5 Å². The van der Waals surface area contributed by atoms with E-state index in [2.05, 4.69) is 10.1 Å². The minimum Gasteiger partial charge on any atom is -0.465 e. The molecule has 1 aliphatic heterocycles. The van der Waals surface area contributed by atoms with Crippen LogP contribution in [-0.2, 0) is 22.5 Å². The molecule has 1 aliphatic rings. The van der Waals surface area contributed by atoms with Gasteiger partial charge in [0, 0.05) is 0 Å². The Morgan fingerprint density at radius 2 is 1.70 bits per heavy atom. The van der Waals surface area contributed by atoms with E-state index < -0.39 is 17.5 Å². The first-order chi connectivity index (χ1) is 12.9. The molecule has 140 valence electrons. The Kier molecular flexibility index (Phi) is 5.26. The van der Waals surface area contributed by atoms with Crippen LogP contribution in [0.15, 0.2) is 54.6 Å². The number of rotatable bonds is 6. The molecule has 0 bridgehead atoms. The van der Waals surface area contributed by atoms with E-state index >= 15 is 0 Å². The van der Waals surface area contributed by atoms with Gasteiger partial charge >= 0.3 is 12.0 Å². The van der Waals surface area contributed by atoms with E-state index in [-0.39, 0.29) is 12.5 Å². The Morgan fingerprint density at radius 3 is 2.33 bits per heavy atom. The van der Waals surface area contributed by atoms with Crippen LogP contribution in [0.4, 0.5) is 4.79 Å². The van der Waals surface area contributed by atoms with Gasteiger partial charge in [-0.3, -0.25) is 9.69 Å². The molecule has 6 heteroatoms. The van der Waals surface area contributed by atoms with Crippen molar-refractivity contribution in [3.63, 3.8) is 0 Å². The van der Waals surface area contributed by atoms with Crippen molar-refractivity contribution in [2.24, 2.45) is 0 Å². The molecule has 1 heterocycles. The summed E-state index contributed by atoms with van der Waals surface area (Å²) in [4.78, 5) is 37.9. The molecule has 0 unspecified atom stereocenters. The summed E-state index contributed by atoms with van der Waals surface area (Å²) in [7, 11) is 1.32. The Balaban J connectivity index is 1.67. The summed E-state index contributed by atoms with van der Waals surface area (Å²) in [6.07, 6.45) is 1.23. The summed E-state index contributed by atoms with van der Waals surface area (Å²) in [6.45, 7) is 1.92. The van der Waals surface area contributed by atoms with Crippen LogP contribution < -0.4 is 5.32 Å². The molecule has 0 aliphatic carbocycles. The van der Waals surface area contributed by atoms with Crippen molar-refractivity contribution in [3.8, 4) is 0 Å². The number of imide groups is 1. The largest absolute Gasteiger partial charge is 0.465 e. The van der Waals surface area contributed by atoms with Crippen molar-refractivity contribution < 1.29 is 19.1 Å². The molecule has 1 saturated heterocycles. The summed E-state index contributed by atoms with van der Waals surface area (Å²) in [5, 5.41) is 2.82. The van der Waals surface area contributed by atoms with Crippen molar-refractivity contribution in [1.82, 2.24) is 10.2 Å². The van der Waals surface area contributed by atoms with E-state index in [0.717, 1.165) is 11.1 Å². The Hall–Kier alpha value is -3.15. The molecule has 1 fully saturated rings. The highest BCUT2D eigenvalue weighted by molar-refractivity contribution is 6.06. The van der Waals surface area contributed by atoms with Crippen LogP contribution in [0.5, 0.6) is 0 Å². The molecule has 0 saturated carbocycles. The number of carbonyl (C=O) groups excluding carboxylic acids is 3. The molecule has 1 N–H and O–H groups in total. The molecule has 2 aromatic carbocycles. The summed E-state index contributed by atoms with van der Waals surface area (Å²) in [6, 6.07) is 16.1. The van der Waals surface area contributed by atoms with Crippen molar-refractivity contribution in [2.45, 2.75) is 31.8 Å². The van der Waals surface area contributed by atoms with Gasteiger partial charge in [-0.05, 0) is 43.0 Å². The van der Waals surface area contributed by atoms with E-state index in [1.54, 1.807) is 31.2 Å². The normalized spacial score (nSPS) is 19.1. The smallest absolute Gasteiger partial charge is 0.337 e. The molecular formula is C21H22N2O4. The SMILES string of the molecule is COC(=O)c1ccc(CN2C(=O)N[C@@](C)(CCc3ccccc3)C2=O)cc1. The standard InChI is InChI=1S/C21H22N2O4/c1-21(13-12-15-6-4-3-5-7-15)19(25)23(20(26)22-21)14-16-8-10-17(11-9-16)18(24)27-2/h3-11H,12-14H2,1-2H3,(H,22,26)/t21-/m0/s1. The average Bonchev–Trinajstić information content (AvgIpc) is 2.90. The number of amides is 3. The number of benzene rings is 2. The molecule has 0 radical (unpaired) electrons. The summed E-state index contributed by atoms with van der Waals surface area (Å²) in [5.41, 5.74) is 1.39. The van der Waals surface area contributed by atoms with E-state index in [1.807, 2.05) is 30.3 Å². The number of hydrogen-bond donors (Lipinski definition) is 1. The van der Waals surface area contributed by atoms with Crippen molar-refractivity contribution in [3.05, 3.63) is 71.3 Å².